The molecule has 0 unspecified atom stereocenters. The van der Waals surface area contributed by atoms with Crippen LogP contribution in [-0.2, 0) is 4.74 Å². The Kier molecular flexibility index (Phi) is 5.05. The van der Waals surface area contributed by atoms with Crippen LogP contribution >= 0.6 is 0 Å². The Morgan fingerprint density at radius 1 is 1.53 bits per heavy atom. The highest BCUT2D eigenvalue weighted by Gasteiger charge is 2.04. The molecule has 0 heterocycles. The molecule has 2 N–H and O–H groups in total. The topological polar surface area (TPSA) is 58.6 Å². The van der Waals surface area contributed by atoms with Crippen LogP contribution in [0.5, 0.6) is 0 Å². The monoisotopic (exact) mass is 233 g/mol. The van der Waals surface area contributed by atoms with Gasteiger partial charge in [-0.3, -0.25) is 5.32 Å². The van der Waals surface area contributed by atoms with E-state index < -0.39 is 6.09 Å². The van der Waals surface area contributed by atoms with Gasteiger partial charge in [0, 0.05) is 11.3 Å². The number of ether oxygens (including phenoxy) is 1. The van der Waals surface area contributed by atoms with Crippen molar-refractivity contribution in [2.75, 3.05) is 18.5 Å². The molecule has 90 valence electrons. The van der Waals surface area contributed by atoms with E-state index in [9.17, 15) is 4.79 Å². The van der Waals surface area contributed by atoms with Gasteiger partial charge in [-0.1, -0.05) is 11.8 Å². The van der Waals surface area contributed by atoms with E-state index in [-0.39, 0.29) is 6.61 Å². The van der Waals surface area contributed by atoms with E-state index in [1.54, 1.807) is 19.1 Å². The van der Waals surface area contributed by atoms with Gasteiger partial charge in [0.25, 0.3) is 0 Å². The normalized spacial score (nSPS) is 9.12. The standard InChI is InChI=1S/C13H15NO3/c1-3-17-13(16)14-12-7-6-11(5-4-8-15)9-10(12)2/h6-7,9,15H,3,8H2,1-2H3,(H,14,16). The molecule has 1 rings (SSSR count). The van der Waals surface area contributed by atoms with E-state index in [0.29, 0.717) is 12.3 Å². The highest BCUT2D eigenvalue weighted by molar-refractivity contribution is 5.85. The molecule has 0 saturated carbocycles. The van der Waals surface area contributed by atoms with Gasteiger partial charge in [0.05, 0.1) is 6.61 Å². The second-order valence-corrected chi connectivity index (χ2v) is 3.34. The lowest BCUT2D eigenvalue weighted by Crippen LogP contribution is -2.14. The molecule has 1 aromatic carbocycles. The third-order valence-corrected chi connectivity index (χ3v) is 2.05. The number of amides is 1. The molecule has 1 amide bonds. The van der Waals surface area contributed by atoms with Crippen molar-refractivity contribution in [3.05, 3.63) is 29.3 Å². The van der Waals surface area contributed by atoms with Gasteiger partial charge in [0.15, 0.2) is 0 Å². The molecule has 0 aliphatic rings. The largest absolute Gasteiger partial charge is 0.450 e. The minimum atomic E-state index is -0.468. The first-order valence-corrected chi connectivity index (χ1v) is 5.31. The van der Waals surface area contributed by atoms with Crippen molar-refractivity contribution in [3.63, 3.8) is 0 Å². The number of anilines is 1. The van der Waals surface area contributed by atoms with Crippen molar-refractivity contribution in [2.45, 2.75) is 13.8 Å². The number of carbonyl (C=O) groups excluding carboxylic acids is 1. The van der Waals surface area contributed by atoms with Crippen LogP contribution in [0.4, 0.5) is 10.5 Å². The fourth-order valence-electron chi connectivity index (χ4n) is 1.30. The number of hydrogen-bond donors (Lipinski definition) is 2. The van der Waals surface area contributed by atoms with Crippen molar-refractivity contribution >= 4 is 11.8 Å². The number of carbonyl (C=O) groups is 1. The van der Waals surface area contributed by atoms with Crippen molar-refractivity contribution < 1.29 is 14.6 Å². The summed E-state index contributed by atoms with van der Waals surface area (Å²) >= 11 is 0. The molecule has 17 heavy (non-hydrogen) atoms. The summed E-state index contributed by atoms with van der Waals surface area (Å²) in [6, 6.07) is 5.37. The summed E-state index contributed by atoms with van der Waals surface area (Å²) in [6.45, 7) is 3.79. The number of rotatable bonds is 2. The number of hydrogen-bond acceptors (Lipinski definition) is 3. The zero-order valence-electron chi connectivity index (χ0n) is 9.91. The summed E-state index contributed by atoms with van der Waals surface area (Å²) < 4.78 is 4.78. The third-order valence-electron chi connectivity index (χ3n) is 2.05. The second-order valence-electron chi connectivity index (χ2n) is 3.34. The predicted octanol–water partition coefficient (Wildman–Crippen LogP) is 1.91. The number of aliphatic hydroxyl groups excluding tert-OH is 1. The second kappa shape index (κ2) is 6.56. The van der Waals surface area contributed by atoms with Crippen molar-refractivity contribution in [1.29, 1.82) is 0 Å². The van der Waals surface area contributed by atoms with Crippen LogP contribution in [0.15, 0.2) is 18.2 Å². The van der Waals surface area contributed by atoms with E-state index in [0.717, 1.165) is 11.1 Å². The molecule has 1 aromatic rings. The molecule has 0 bridgehead atoms. The lowest BCUT2D eigenvalue weighted by atomic mass is 10.1. The van der Waals surface area contributed by atoms with E-state index in [1.807, 2.05) is 13.0 Å². The average molecular weight is 233 g/mol. The van der Waals surface area contributed by atoms with Crippen LogP contribution in [0.25, 0.3) is 0 Å². The van der Waals surface area contributed by atoms with Gasteiger partial charge in [0.2, 0.25) is 0 Å². The number of aliphatic hydroxyl groups is 1. The highest BCUT2D eigenvalue weighted by Crippen LogP contribution is 2.16. The van der Waals surface area contributed by atoms with Crippen molar-refractivity contribution in [2.24, 2.45) is 0 Å². The predicted molar refractivity (Wildman–Crippen MR) is 65.8 cm³/mol. The summed E-state index contributed by atoms with van der Waals surface area (Å²) in [4.78, 5) is 11.2. The van der Waals surface area contributed by atoms with E-state index in [4.69, 9.17) is 9.84 Å². The third kappa shape index (κ3) is 4.17. The fraction of sp³-hybridized carbons (Fsp3) is 0.308. The van der Waals surface area contributed by atoms with Gasteiger partial charge in [-0.05, 0) is 37.6 Å². The van der Waals surface area contributed by atoms with Crippen LogP contribution < -0.4 is 5.32 Å². The lowest BCUT2D eigenvalue weighted by molar-refractivity contribution is 0.168. The molecule has 0 radical (unpaired) electrons. The van der Waals surface area contributed by atoms with Gasteiger partial charge in [-0.2, -0.15) is 0 Å². The minimum Gasteiger partial charge on any atom is -0.450 e. The lowest BCUT2D eigenvalue weighted by Gasteiger charge is -2.08. The molecule has 0 aromatic heterocycles. The Morgan fingerprint density at radius 3 is 2.88 bits per heavy atom. The maximum absolute atomic E-state index is 11.2. The molecule has 0 fully saturated rings. The SMILES string of the molecule is CCOC(=O)Nc1ccc(C#CCO)cc1C. The average Bonchev–Trinajstić information content (AvgIpc) is 2.30. The van der Waals surface area contributed by atoms with E-state index >= 15 is 0 Å². The van der Waals surface area contributed by atoms with E-state index in [2.05, 4.69) is 17.2 Å². The molecule has 4 heteroatoms. The van der Waals surface area contributed by atoms with Gasteiger partial charge >= 0.3 is 6.09 Å². The maximum Gasteiger partial charge on any atom is 0.411 e. The molecule has 4 nitrogen and oxygen atoms in total. The number of benzene rings is 1. The minimum absolute atomic E-state index is 0.165. The Labute approximate surface area is 101 Å². The summed E-state index contributed by atoms with van der Waals surface area (Å²) in [5.41, 5.74) is 2.38. The summed E-state index contributed by atoms with van der Waals surface area (Å²) in [6.07, 6.45) is -0.468. The van der Waals surface area contributed by atoms with Crippen LogP contribution in [0, 0.1) is 18.8 Å². The molecule has 0 aliphatic carbocycles. The van der Waals surface area contributed by atoms with Crippen LogP contribution in [0.3, 0.4) is 0 Å². The highest BCUT2D eigenvalue weighted by atomic mass is 16.5. The van der Waals surface area contributed by atoms with Crippen LogP contribution in [0.1, 0.15) is 18.1 Å². The van der Waals surface area contributed by atoms with Crippen molar-refractivity contribution in [3.8, 4) is 11.8 Å². The molecule has 0 aliphatic heterocycles. The van der Waals surface area contributed by atoms with Crippen molar-refractivity contribution in [1.82, 2.24) is 0 Å². The molecule has 0 spiro atoms. The van der Waals surface area contributed by atoms with Gasteiger partial charge in [-0.25, -0.2) is 4.79 Å². The first kappa shape index (κ1) is 13.1. The number of aryl methyl sites for hydroxylation is 1. The number of nitrogens with one attached hydrogen (secondary N) is 1. The zero-order chi connectivity index (χ0) is 12.7. The van der Waals surface area contributed by atoms with Crippen LogP contribution in [-0.4, -0.2) is 24.4 Å². The Bertz CT molecular complexity index is 457. The Balaban J connectivity index is 2.79. The maximum atomic E-state index is 11.2. The summed E-state index contributed by atoms with van der Waals surface area (Å²) in [7, 11) is 0. The first-order chi connectivity index (χ1) is 8.17. The molecular weight excluding hydrogens is 218 g/mol. The first-order valence-electron chi connectivity index (χ1n) is 5.31. The fourth-order valence-corrected chi connectivity index (χ4v) is 1.30. The smallest absolute Gasteiger partial charge is 0.411 e. The zero-order valence-corrected chi connectivity index (χ0v) is 9.91. The van der Waals surface area contributed by atoms with Gasteiger partial charge in [-0.15, -0.1) is 0 Å². The van der Waals surface area contributed by atoms with Gasteiger partial charge < -0.3 is 9.84 Å². The quantitative estimate of drug-likeness (QED) is 0.767. The Morgan fingerprint density at radius 2 is 2.29 bits per heavy atom. The molecule has 0 saturated heterocycles. The van der Waals surface area contributed by atoms with Gasteiger partial charge in [0.1, 0.15) is 6.61 Å². The van der Waals surface area contributed by atoms with Crippen LogP contribution in [0.2, 0.25) is 0 Å². The summed E-state index contributed by atoms with van der Waals surface area (Å²) in [5.74, 6) is 5.36. The summed E-state index contributed by atoms with van der Waals surface area (Å²) in [5, 5.41) is 11.2. The Hall–Kier alpha value is -1.99. The van der Waals surface area contributed by atoms with E-state index in [1.165, 1.54) is 0 Å². The molecular formula is C13H15NO3. The molecule has 0 atom stereocenters.